The lowest BCUT2D eigenvalue weighted by molar-refractivity contribution is 0.0950. The number of nitrogens with one attached hydrogen (secondary N) is 2. The second-order valence-electron chi connectivity index (χ2n) is 5.47. The normalized spacial score (nSPS) is 10.4. The smallest absolute Gasteiger partial charge is 0.258 e. The molecular weight excluding hydrogens is 364 g/mol. The van der Waals surface area contributed by atoms with Crippen molar-refractivity contribution in [1.82, 2.24) is 20.5 Å². The Morgan fingerprint density at radius 3 is 2.44 bits per heavy atom. The fourth-order valence-corrected chi connectivity index (χ4v) is 3.16. The molecular formula is C19H20N4O3S. The first-order valence-corrected chi connectivity index (χ1v) is 9.31. The summed E-state index contributed by atoms with van der Waals surface area (Å²) in [4.78, 5) is 16.9. The van der Waals surface area contributed by atoms with Gasteiger partial charge < -0.3 is 14.8 Å². The van der Waals surface area contributed by atoms with Gasteiger partial charge in [-0.15, -0.1) is 5.10 Å². The highest BCUT2D eigenvalue weighted by Crippen LogP contribution is 2.28. The Kier molecular flexibility index (Phi) is 6.32. The van der Waals surface area contributed by atoms with Crippen LogP contribution in [0.4, 0.5) is 0 Å². The molecule has 27 heavy (non-hydrogen) atoms. The van der Waals surface area contributed by atoms with Crippen molar-refractivity contribution < 1.29 is 14.3 Å². The molecule has 8 heteroatoms. The summed E-state index contributed by atoms with van der Waals surface area (Å²) in [5.74, 6) is 2.06. The van der Waals surface area contributed by atoms with Crippen molar-refractivity contribution in [3.8, 4) is 22.9 Å². The summed E-state index contributed by atoms with van der Waals surface area (Å²) >= 11 is 1.46. The highest BCUT2D eigenvalue weighted by atomic mass is 32.2. The van der Waals surface area contributed by atoms with Gasteiger partial charge in [-0.25, -0.2) is 4.98 Å². The third-order valence-electron chi connectivity index (χ3n) is 3.79. The second kappa shape index (κ2) is 9.09. The Labute approximate surface area is 161 Å². The van der Waals surface area contributed by atoms with Crippen LogP contribution in [0.25, 0.3) is 11.4 Å². The fraction of sp³-hybridized carbons (Fsp3) is 0.211. The molecule has 2 aromatic carbocycles. The van der Waals surface area contributed by atoms with E-state index in [2.05, 4.69) is 20.5 Å². The van der Waals surface area contributed by atoms with Crippen LogP contribution in [-0.2, 0) is 0 Å². The number of ether oxygens (including phenoxy) is 2. The lowest BCUT2D eigenvalue weighted by Crippen LogP contribution is -2.26. The SMILES string of the molecule is COc1cccc(OC)c1C(=O)NCCSc1n[nH]c(-c2ccccc2)n1. The minimum absolute atomic E-state index is 0.245. The molecule has 0 aliphatic heterocycles. The summed E-state index contributed by atoms with van der Waals surface area (Å²) in [5, 5.41) is 10.6. The molecule has 0 atom stereocenters. The number of methoxy groups -OCH3 is 2. The average molecular weight is 384 g/mol. The predicted octanol–water partition coefficient (Wildman–Crippen LogP) is 3.01. The van der Waals surface area contributed by atoms with E-state index in [0.717, 1.165) is 11.4 Å². The maximum absolute atomic E-state index is 12.5. The number of rotatable bonds is 8. The minimum Gasteiger partial charge on any atom is -0.496 e. The van der Waals surface area contributed by atoms with Gasteiger partial charge in [0.05, 0.1) is 14.2 Å². The number of nitrogens with zero attached hydrogens (tertiary/aromatic N) is 2. The largest absolute Gasteiger partial charge is 0.496 e. The van der Waals surface area contributed by atoms with Crippen LogP contribution in [0.15, 0.2) is 53.7 Å². The van der Waals surface area contributed by atoms with E-state index in [1.54, 1.807) is 18.2 Å². The monoisotopic (exact) mass is 384 g/mol. The first-order chi connectivity index (χ1) is 13.2. The fourth-order valence-electron chi connectivity index (χ4n) is 2.51. The van der Waals surface area contributed by atoms with Gasteiger partial charge in [-0.1, -0.05) is 48.2 Å². The molecule has 0 unspecified atom stereocenters. The van der Waals surface area contributed by atoms with Crippen LogP contribution in [-0.4, -0.2) is 47.6 Å². The average Bonchev–Trinajstić information content (AvgIpc) is 3.20. The van der Waals surface area contributed by atoms with E-state index >= 15 is 0 Å². The van der Waals surface area contributed by atoms with Gasteiger partial charge in [-0.05, 0) is 12.1 Å². The molecule has 2 N–H and O–H groups in total. The molecule has 3 rings (SSSR count). The molecule has 0 spiro atoms. The molecule has 0 aliphatic rings. The Hall–Kier alpha value is -3.00. The topological polar surface area (TPSA) is 89.1 Å². The van der Waals surface area contributed by atoms with Crippen molar-refractivity contribution >= 4 is 17.7 Å². The summed E-state index contributed by atoms with van der Waals surface area (Å²) in [5.41, 5.74) is 1.37. The Morgan fingerprint density at radius 2 is 1.78 bits per heavy atom. The number of carbonyl (C=O) groups is 1. The summed E-state index contributed by atoms with van der Waals surface area (Å²) in [6.07, 6.45) is 0. The molecule has 140 valence electrons. The van der Waals surface area contributed by atoms with Crippen LogP contribution in [0.3, 0.4) is 0 Å². The number of hydrogen-bond acceptors (Lipinski definition) is 6. The van der Waals surface area contributed by atoms with Crippen LogP contribution in [0, 0.1) is 0 Å². The number of amides is 1. The lowest BCUT2D eigenvalue weighted by atomic mass is 10.1. The zero-order chi connectivity index (χ0) is 19.1. The minimum atomic E-state index is -0.245. The third-order valence-corrected chi connectivity index (χ3v) is 4.63. The highest BCUT2D eigenvalue weighted by molar-refractivity contribution is 7.99. The van der Waals surface area contributed by atoms with Gasteiger partial charge in [0, 0.05) is 17.9 Å². The number of hydrogen-bond donors (Lipinski definition) is 2. The van der Waals surface area contributed by atoms with Crippen molar-refractivity contribution in [2.24, 2.45) is 0 Å². The van der Waals surface area contributed by atoms with Gasteiger partial charge in [0.15, 0.2) is 5.82 Å². The Morgan fingerprint density at radius 1 is 1.07 bits per heavy atom. The molecule has 0 radical (unpaired) electrons. The molecule has 1 heterocycles. The molecule has 7 nitrogen and oxygen atoms in total. The third kappa shape index (κ3) is 4.59. The predicted molar refractivity (Wildman–Crippen MR) is 104 cm³/mol. The van der Waals surface area contributed by atoms with E-state index in [-0.39, 0.29) is 5.91 Å². The van der Waals surface area contributed by atoms with Gasteiger partial charge in [-0.2, -0.15) is 0 Å². The number of aromatic nitrogens is 3. The van der Waals surface area contributed by atoms with Crippen LogP contribution in [0.2, 0.25) is 0 Å². The maximum Gasteiger partial charge on any atom is 0.258 e. The van der Waals surface area contributed by atoms with Crippen LogP contribution < -0.4 is 14.8 Å². The number of thioether (sulfide) groups is 1. The number of aromatic amines is 1. The Balaban J connectivity index is 1.54. The van der Waals surface area contributed by atoms with Gasteiger partial charge in [0.25, 0.3) is 5.91 Å². The zero-order valence-corrected chi connectivity index (χ0v) is 15.9. The molecule has 3 aromatic rings. The van der Waals surface area contributed by atoms with Crippen LogP contribution in [0.5, 0.6) is 11.5 Å². The first kappa shape index (κ1) is 18.8. The van der Waals surface area contributed by atoms with Gasteiger partial charge in [0.2, 0.25) is 5.16 Å². The van der Waals surface area contributed by atoms with Gasteiger partial charge in [-0.3, -0.25) is 9.89 Å². The van der Waals surface area contributed by atoms with Crippen molar-refractivity contribution in [2.45, 2.75) is 5.16 Å². The molecule has 0 bridgehead atoms. The molecule has 0 aliphatic carbocycles. The van der Waals surface area contributed by atoms with E-state index < -0.39 is 0 Å². The Bertz CT molecular complexity index is 877. The molecule has 0 fully saturated rings. The van der Waals surface area contributed by atoms with Crippen molar-refractivity contribution in [3.63, 3.8) is 0 Å². The van der Waals surface area contributed by atoms with Crippen LogP contribution in [0.1, 0.15) is 10.4 Å². The highest BCUT2D eigenvalue weighted by Gasteiger charge is 2.17. The standard InChI is InChI=1S/C19H20N4O3S/c1-25-14-9-6-10-15(26-2)16(14)18(24)20-11-12-27-19-21-17(22-23-19)13-7-4-3-5-8-13/h3-10H,11-12H2,1-2H3,(H,20,24)(H,21,22,23). The molecule has 1 amide bonds. The molecule has 1 aromatic heterocycles. The quantitative estimate of drug-likeness (QED) is 0.458. The summed E-state index contributed by atoms with van der Waals surface area (Å²) < 4.78 is 10.5. The van der Waals surface area contributed by atoms with E-state index in [1.807, 2.05) is 30.3 Å². The first-order valence-electron chi connectivity index (χ1n) is 8.32. The van der Waals surface area contributed by atoms with Crippen LogP contribution >= 0.6 is 11.8 Å². The zero-order valence-electron chi connectivity index (χ0n) is 15.1. The number of benzene rings is 2. The van der Waals surface area contributed by atoms with E-state index in [1.165, 1.54) is 26.0 Å². The molecule has 0 saturated carbocycles. The van der Waals surface area contributed by atoms with Crippen molar-refractivity contribution in [2.75, 3.05) is 26.5 Å². The molecule has 0 saturated heterocycles. The summed E-state index contributed by atoms with van der Waals surface area (Å²) in [7, 11) is 3.05. The lowest BCUT2D eigenvalue weighted by Gasteiger charge is -2.12. The van der Waals surface area contributed by atoms with Gasteiger partial charge in [0.1, 0.15) is 17.1 Å². The maximum atomic E-state index is 12.5. The van der Waals surface area contributed by atoms with E-state index in [9.17, 15) is 4.79 Å². The summed E-state index contributed by atoms with van der Waals surface area (Å²) in [6.45, 7) is 0.458. The van der Waals surface area contributed by atoms with E-state index in [4.69, 9.17) is 9.47 Å². The second-order valence-corrected chi connectivity index (χ2v) is 6.54. The summed E-state index contributed by atoms with van der Waals surface area (Å²) in [6, 6.07) is 15.0. The number of carbonyl (C=O) groups excluding carboxylic acids is 1. The van der Waals surface area contributed by atoms with Gasteiger partial charge >= 0.3 is 0 Å². The number of H-pyrrole nitrogens is 1. The van der Waals surface area contributed by atoms with Crippen molar-refractivity contribution in [1.29, 1.82) is 0 Å². The van der Waals surface area contributed by atoms with E-state index in [0.29, 0.717) is 34.5 Å². The van der Waals surface area contributed by atoms with Crippen molar-refractivity contribution in [3.05, 3.63) is 54.1 Å².